The van der Waals surface area contributed by atoms with Crippen LogP contribution in [0.5, 0.6) is 5.75 Å². The lowest BCUT2D eigenvalue weighted by atomic mass is 10.1. The number of benzene rings is 2. The van der Waals surface area contributed by atoms with Crippen molar-refractivity contribution in [2.24, 2.45) is 0 Å². The van der Waals surface area contributed by atoms with Crippen molar-refractivity contribution in [3.63, 3.8) is 0 Å². The lowest BCUT2D eigenvalue weighted by Gasteiger charge is -2.14. The molecule has 48 heavy (non-hydrogen) atoms. The molecule has 0 spiro atoms. The molecule has 0 unspecified atom stereocenters. The summed E-state index contributed by atoms with van der Waals surface area (Å²) >= 11 is 6.37. The summed E-state index contributed by atoms with van der Waals surface area (Å²) in [5.41, 5.74) is 0.0782. The largest absolute Gasteiger partial charge is 0.493 e. The van der Waals surface area contributed by atoms with Crippen molar-refractivity contribution in [2.75, 3.05) is 17.2 Å². The predicted molar refractivity (Wildman–Crippen MR) is 165 cm³/mol. The number of aromatic carboxylic acids is 2. The number of carbonyl (C=O) groups excluding carboxylic acids is 2. The van der Waals surface area contributed by atoms with E-state index >= 15 is 0 Å². The van der Waals surface area contributed by atoms with Crippen molar-refractivity contribution in [1.82, 2.24) is 45.0 Å². The van der Waals surface area contributed by atoms with Gasteiger partial charge in [-0.15, -0.1) is 25.0 Å². The molecule has 240 valence electrons. The predicted octanol–water partition coefficient (Wildman–Crippen LogP) is 2.67. The van der Waals surface area contributed by atoms with E-state index in [4.69, 9.17) is 16.3 Å². The van der Waals surface area contributed by atoms with Gasteiger partial charge in [0.2, 0.25) is 0 Å². The Morgan fingerprint density at radius 1 is 0.833 bits per heavy atom. The van der Waals surface area contributed by atoms with Gasteiger partial charge in [-0.1, -0.05) is 11.6 Å². The first kappa shape index (κ1) is 31.2. The molecule has 0 atom stereocenters. The van der Waals surface area contributed by atoms with E-state index in [1.165, 1.54) is 54.9 Å². The Kier molecular flexibility index (Phi) is 8.62. The standard InChI is InChI=1S/C29H20ClN11O7/c30-19-13-18(29(46)47)22(32-27(43)21-4-6-25-36-38-39-41(25)37-21)11-15(19)7-10-48-16-1-2-17(28(44)45)23(12-16)33-26(42)20-3-5-24(35-34-20)40-9-8-31-14-40/h1-6,8-9,11-14H,7,10H2,(H,32,43)(H,33,42)(H,44,45)(H,46,47). The second-order valence-corrected chi connectivity index (χ2v) is 10.2. The van der Waals surface area contributed by atoms with E-state index in [0.29, 0.717) is 17.0 Å². The molecular formula is C29H20ClN11O7. The van der Waals surface area contributed by atoms with Crippen molar-refractivity contribution in [3.8, 4) is 11.6 Å². The zero-order valence-corrected chi connectivity index (χ0v) is 24.9. The summed E-state index contributed by atoms with van der Waals surface area (Å²) in [5, 5.41) is 47.3. The van der Waals surface area contributed by atoms with Gasteiger partial charge in [0, 0.05) is 29.9 Å². The highest BCUT2D eigenvalue weighted by Gasteiger charge is 2.20. The number of carboxylic acids is 2. The van der Waals surface area contributed by atoms with Crippen LogP contribution in [0.1, 0.15) is 47.3 Å². The minimum Gasteiger partial charge on any atom is -0.493 e. The first-order valence-corrected chi connectivity index (χ1v) is 14.1. The second-order valence-electron chi connectivity index (χ2n) is 9.81. The Morgan fingerprint density at radius 2 is 1.58 bits per heavy atom. The highest BCUT2D eigenvalue weighted by molar-refractivity contribution is 6.32. The van der Waals surface area contributed by atoms with E-state index in [9.17, 15) is 29.4 Å². The number of hydrogen-bond donors (Lipinski definition) is 4. The Balaban J connectivity index is 1.15. The molecule has 2 amide bonds. The summed E-state index contributed by atoms with van der Waals surface area (Å²) in [6, 6.07) is 12.5. The van der Waals surface area contributed by atoms with Crippen LogP contribution in [0.3, 0.4) is 0 Å². The summed E-state index contributed by atoms with van der Waals surface area (Å²) in [7, 11) is 0. The van der Waals surface area contributed by atoms with Crippen LogP contribution < -0.4 is 15.4 Å². The molecule has 4 aromatic heterocycles. The SMILES string of the molecule is O=C(Nc1cc(OCCc2cc(NC(=O)c3ccc4nnnn4n3)c(C(=O)O)cc2Cl)ccc1C(=O)O)c1ccc(-n2ccnc2)nn1. The molecule has 0 aliphatic heterocycles. The fraction of sp³-hybridized carbons (Fsp3) is 0.0690. The van der Waals surface area contributed by atoms with Gasteiger partial charge >= 0.3 is 11.9 Å². The number of imidazole rings is 1. The summed E-state index contributed by atoms with van der Waals surface area (Å²) < 4.78 is 8.46. The van der Waals surface area contributed by atoms with Crippen LogP contribution in [0.15, 0.2) is 73.3 Å². The number of fused-ring (bicyclic) bond motifs is 1. The number of rotatable bonds is 11. The smallest absolute Gasteiger partial charge is 0.337 e. The number of carboxylic acid groups (broad SMARTS) is 2. The van der Waals surface area contributed by atoms with Gasteiger partial charge in [-0.05, 0) is 64.5 Å². The van der Waals surface area contributed by atoms with Gasteiger partial charge in [0.25, 0.3) is 11.8 Å². The number of halogens is 1. The molecule has 4 N–H and O–H groups in total. The van der Waals surface area contributed by atoms with Gasteiger partial charge in [-0.2, -0.15) is 0 Å². The van der Waals surface area contributed by atoms with Crippen molar-refractivity contribution in [3.05, 3.63) is 106 Å². The monoisotopic (exact) mass is 669 g/mol. The molecule has 0 aliphatic rings. The number of nitrogens with zero attached hydrogens (tertiary/aromatic N) is 9. The van der Waals surface area contributed by atoms with Crippen LogP contribution in [-0.4, -0.2) is 85.6 Å². The summed E-state index contributed by atoms with van der Waals surface area (Å²) in [6.07, 6.45) is 4.88. The van der Waals surface area contributed by atoms with Crippen LogP contribution >= 0.6 is 11.6 Å². The average Bonchev–Trinajstić information content (AvgIpc) is 3.78. The molecular weight excluding hydrogens is 650 g/mol. The molecule has 2 aromatic carbocycles. The van der Waals surface area contributed by atoms with E-state index in [1.807, 2.05) is 0 Å². The number of tetrazole rings is 1. The highest BCUT2D eigenvalue weighted by atomic mass is 35.5. The van der Waals surface area contributed by atoms with Gasteiger partial charge in [0.15, 0.2) is 22.9 Å². The third kappa shape index (κ3) is 6.72. The number of carbonyl (C=O) groups is 4. The Labute approximate surface area is 273 Å². The third-order valence-corrected chi connectivity index (χ3v) is 7.08. The first-order chi connectivity index (χ1) is 23.2. The fourth-order valence-corrected chi connectivity index (χ4v) is 4.65. The maximum Gasteiger partial charge on any atom is 0.337 e. The van der Waals surface area contributed by atoms with Gasteiger partial charge in [-0.25, -0.2) is 14.6 Å². The van der Waals surface area contributed by atoms with E-state index in [0.717, 1.165) is 4.63 Å². The lowest BCUT2D eigenvalue weighted by molar-refractivity contribution is 0.0687. The molecule has 0 aliphatic carbocycles. The van der Waals surface area contributed by atoms with Gasteiger partial charge < -0.3 is 25.6 Å². The molecule has 6 aromatic rings. The number of ether oxygens (including phenoxy) is 1. The number of hydrogen-bond acceptors (Lipinski definition) is 12. The quantitative estimate of drug-likeness (QED) is 0.155. The minimum atomic E-state index is -1.33. The van der Waals surface area contributed by atoms with Crippen LogP contribution in [0, 0.1) is 0 Å². The maximum atomic E-state index is 12.9. The van der Waals surface area contributed by atoms with Crippen molar-refractivity contribution >= 4 is 52.4 Å². The maximum absolute atomic E-state index is 12.9. The van der Waals surface area contributed by atoms with Gasteiger partial charge in [0.05, 0.1) is 29.1 Å². The second kappa shape index (κ2) is 13.3. The number of aromatic nitrogens is 9. The molecule has 6 rings (SSSR count). The number of anilines is 2. The molecule has 0 radical (unpaired) electrons. The topological polar surface area (TPSA) is 242 Å². The van der Waals surface area contributed by atoms with Gasteiger partial charge in [0.1, 0.15) is 12.1 Å². The first-order valence-electron chi connectivity index (χ1n) is 13.7. The lowest BCUT2D eigenvalue weighted by Crippen LogP contribution is -2.18. The molecule has 0 saturated heterocycles. The molecule has 0 bridgehead atoms. The van der Waals surface area contributed by atoms with E-state index < -0.39 is 23.8 Å². The summed E-state index contributed by atoms with van der Waals surface area (Å²) in [4.78, 5) is 53.5. The normalized spacial score (nSPS) is 10.9. The molecule has 19 heteroatoms. The van der Waals surface area contributed by atoms with Gasteiger partial charge in [-0.3, -0.25) is 14.2 Å². The van der Waals surface area contributed by atoms with Crippen LogP contribution in [0.4, 0.5) is 11.4 Å². The average molecular weight is 670 g/mol. The fourth-order valence-electron chi connectivity index (χ4n) is 4.39. The number of amides is 2. The van der Waals surface area contributed by atoms with Crippen molar-refractivity contribution < 1.29 is 34.1 Å². The van der Waals surface area contributed by atoms with E-state index in [1.54, 1.807) is 23.0 Å². The molecule has 18 nitrogen and oxygen atoms in total. The molecule has 0 saturated carbocycles. The van der Waals surface area contributed by atoms with E-state index in [2.05, 4.69) is 46.4 Å². The van der Waals surface area contributed by atoms with E-state index in [-0.39, 0.29) is 57.7 Å². The molecule has 4 heterocycles. The zero-order chi connectivity index (χ0) is 33.8. The van der Waals surface area contributed by atoms with Crippen molar-refractivity contribution in [2.45, 2.75) is 6.42 Å². The molecule has 0 fully saturated rings. The summed E-state index contributed by atoms with van der Waals surface area (Å²) in [5.74, 6) is -3.39. The Morgan fingerprint density at radius 3 is 2.29 bits per heavy atom. The zero-order valence-electron chi connectivity index (χ0n) is 24.2. The van der Waals surface area contributed by atoms with Crippen molar-refractivity contribution in [1.29, 1.82) is 0 Å². The number of nitrogens with one attached hydrogen (secondary N) is 2. The van der Waals surface area contributed by atoms with Crippen LogP contribution in [0.25, 0.3) is 11.5 Å². The van der Waals surface area contributed by atoms with Crippen LogP contribution in [0.2, 0.25) is 5.02 Å². The third-order valence-electron chi connectivity index (χ3n) is 6.73. The summed E-state index contributed by atoms with van der Waals surface area (Å²) in [6.45, 7) is -0.00195. The highest BCUT2D eigenvalue weighted by Crippen LogP contribution is 2.28. The Bertz CT molecular complexity index is 2190. The Hall–Kier alpha value is -6.82. The minimum absolute atomic E-state index is 0.00195. The van der Waals surface area contributed by atoms with Crippen LogP contribution in [-0.2, 0) is 6.42 Å².